The first-order valence-corrected chi connectivity index (χ1v) is 11.4. The van der Waals surface area contributed by atoms with E-state index in [4.69, 9.17) is 9.15 Å². The smallest absolute Gasteiger partial charge is 0.335 e. The number of aliphatic hydroxyl groups is 1. The molecule has 5 fully saturated rings. The van der Waals surface area contributed by atoms with Crippen LogP contribution in [0.3, 0.4) is 0 Å². The summed E-state index contributed by atoms with van der Waals surface area (Å²) in [6.07, 6.45) is 10.5. The molecule has 5 nitrogen and oxygen atoms in total. The van der Waals surface area contributed by atoms with Gasteiger partial charge < -0.3 is 19.1 Å². The number of epoxide rings is 1. The lowest BCUT2D eigenvalue weighted by molar-refractivity contribution is -0.158. The summed E-state index contributed by atoms with van der Waals surface area (Å²) < 4.78 is 11.7. The van der Waals surface area contributed by atoms with Crippen molar-refractivity contribution in [2.75, 3.05) is 0 Å². The first-order valence-electron chi connectivity index (χ1n) is 11.4. The number of hydrogen-bond acceptors (Lipinski definition) is 5. The molecular formula is C24H30O5. The molecule has 1 N–H and O–H groups in total. The third kappa shape index (κ3) is 2.13. The number of ether oxygens (including phenoxy) is 1. The highest BCUT2D eigenvalue weighted by Crippen LogP contribution is 2.77. The van der Waals surface area contributed by atoms with Crippen molar-refractivity contribution in [1.29, 1.82) is 0 Å². The van der Waals surface area contributed by atoms with Gasteiger partial charge in [-0.25, -0.2) is 4.79 Å². The van der Waals surface area contributed by atoms with Crippen LogP contribution in [0.25, 0.3) is 0 Å². The summed E-state index contributed by atoms with van der Waals surface area (Å²) in [6.45, 7) is 2.37. The Hall–Kier alpha value is -1.46. The second-order valence-corrected chi connectivity index (χ2v) is 10.7. The SMILES string of the molecule is C[C@]12CCC3C(CC[C@@H]4C[C@@H](O)CC[C@]34C=O)C13OC3C[C@@H]2c1ccc(=O)oc1. The number of rotatable bonds is 2. The van der Waals surface area contributed by atoms with Gasteiger partial charge in [0.25, 0.3) is 0 Å². The van der Waals surface area contributed by atoms with E-state index in [-0.39, 0.29) is 34.3 Å². The molecule has 6 rings (SSSR count). The van der Waals surface area contributed by atoms with Crippen LogP contribution in [-0.4, -0.2) is 29.2 Å². The van der Waals surface area contributed by atoms with Crippen LogP contribution in [0.15, 0.2) is 27.6 Å². The minimum atomic E-state index is -0.303. The van der Waals surface area contributed by atoms with Crippen LogP contribution in [0.4, 0.5) is 0 Å². The van der Waals surface area contributed by atoms with Crippen molar-refractivity contribution in [3.63, 3.8) is 0 Å². The lowest BCUT2D eigenvalue weighted by atomic mass is 9.44. The van der Waals surface area contributed by atoms with E-state index in [9.17, 15) is 14.7 Å². The quantitative estimate of drug-likeness (QED) is 0.610. The average molecular weight is 398 g/mol. The van der Waals surface area contributed by atoms with Crippen molar-refractivity contribution >= 4 is 6.29 Å². The Balaban J connectivity index is 1.37. The maximum Gasteiger partial charge on any atom is 0.335 e. The minimum absolute atomic E-state index is 0.0177. The van der Waals surface area contributed by atoms with Crippen molar-refractivity contribution < 1.29 is 19.1 Å². The third-order valence-corrected chi connectivity index (χ3v) is 9.97. The van der Waals surface area contributed by atoms with Crippen LogP contribution in [0.1, 0.15) is 69.8 Å². The van der Waals surface area contributed by atoms with E-state index in [2.05, 4.69) is 6.92 Å². The number of aldehydes is 1. The maximum absolute atomic E-state index is 12.5. The van der Waals surface area contributed by atoms with E-state index in [0.29, 0.717) is 23.7 Å². The second kappa shape index (κ2) is 5.82. The normalized spacial score (nSPS) is 52.6. The van der Waals surface area contributed by atoms with E-state index in [0.717, 1.165) is 56.9 Å². The minimum Gasteiger partial charge on any atom is -0.431 e. The number of hydrogen-bond donors (Lipinski definition) is 1. The molecule has 156 valence electrons. The van der Waals surface area contributed by atoms with Gasteiger partial charge in [-0.3, -0.25) is 0 Å². The summed E-state index contributed by atoms with van der Waals surface area (Å²) in [7, 11) is 0. The van der Waals surface area contributed by atoms with Gasteiger partial charge in [-0.1, -0.05) is 6.92 Å². The number of fused-ring (bicyclic) bond motifs is 3. The van der Waals surface area contributed by atoms with Gasteiger partial charge in [0.1, 0.15) is 11.9 Å². The molecule has 9 atom stereocenters. The highest BCUT2D eigenvalue weighted by atomic mass is 16.6. The second-order valence-electron chi connectivity index (χ2n) is 10.7. The molecule has 1 aromatic heterocycles. The van der Waals surface area contributed by atoms with E-state index in [1.54, 1.807) is 6.26 Å². The summed E-state index contributed by atoms with van der Waals surface area (Å²) in [4.78, 5) is 24.0. The molecule has 1 saturated heterocycles. The first kappa shape index (κ1) is 18.3. The summed E-state index contributed by atoms with van der Waals surface area (Å²) in [5.74, 6) is 1.45. The Bertz CT molecular complexity index is 888. The molecule has 0 aromatic carbocycles. The van der Waals surface area contributed by atoms with Crippen molar-refractivity contribution in [3.8, 4) is 0 Å². The lowest BCUT2D eigenvalue weighted by Gasteiger charge is -2.60. The fourth-order valence-electron chi connectivity index (χ4n) is 8.66. The van der Waals surface area contributed by atoms with Crippen LogP contribution < -0.4 is 5.63 Å². The predicted octanol–water partition coefficient (Wildman–Crippen LogP) is 3.44. The first-order chi connectivity index (χ1) is 13.9. The van der Waals surface area contributed by atoms with Crippen LogP contribution >= 0.6 is 0 Å². The summed E-state index contributed by atoms with van der Waals surface area (Å²) in [5.41, 5.74) is 0.423. The van der Waals surface area contributed by atoms with Crippen molar-refractivity contribution in [3.05, 3.63) is 34.4 Å². The van der Waals surface area contributed by atoms with Crippen molar-refractivity contribution in [1.82, 2.24) is 0 Å². The Kier molecular flexibility index (Phi) is 3.68. The van der Waals surface area contributed by atoms with Gasteiger partial charge in [0.05, 0.1) is 18.5 Å². The number of aliphatic hydroxyl groups excluding tert-OH is 1. The molecule has 5 heteroatoms. The summed E-state index contributed by atoms with van der Waals surface area (Å²) in [5, 5.41) is 10.2. The van der Waals surface area contributed by atoms with Crippen LogP contribution in [0.5, 0.6) is 0 Å². The Morgan fingerprint density at radius 1 is 1.10 bits per heavy atom. The van der Waals surface area contributed by atoms with Gasteiger partial charge >= 0.3 is 5.63 Å². The predicted molar refractivity (Wildman–Crippen MR) is 105 cm³/mol. The molecule has 0 amide bonds. The Labute approximate surface area is 170 Å². The van der Waals surface area contributed by atoms with E-state index >= 15 is 0 Å². The Morgan fingerprint density at radius 2 is 1.97 bits per heavy atom. The lowest BCUT2D eigenvalue weighted by Crippen LogP contribution is -2.59. The molecule has 2 heterocycles. The van der Waals surface area contributed by atoms with E-state index in [1.165, 1.54) is 12.4 Å². The molecule has 1 aliphatic heterocycles. The van der Waals surface area contributed by atoms with Crippen LogP contribution in [0.2, 0.25) is 0 Å². The monoisotopic (exact) mass is 398 g/mol. The van der Waals surface area contributed by atoms with Gasteiger partial charge in [0.15, 0.2) is 0 Å². The van der Waals surface area contributed by atoms with E-state index in [1.807, 2.05) is 6.07 Å². The van der Waals surface area contributed by atoms with Gasteiger partial charge in [0, 0.05) is 16.9 Å². The van der Waals surface area contributed by atoms with E-state index < -0.39 is 0 Å². The molecular weight excluding hydrogens is 368 g/mol. The Morgan fingerprint density at radius 3 is 2.72 bits per heavy atom. The van der Waals surface area contributed by atoms with Gasteiger partial charge in [0.2, 0.25) is 0 Å². The zero-order chi connectivity index (χ0) is 20.0. The maximum atomic E-state index is 12.5. The molecule has 4 saturated carbocycles. The molecule has 4 unspecified atom stereocenters. The molecule has 1 spiro atoms. The number of carbonyl (C=O) groups excluding carboxylic acids is 1. The zero-order valence-corrected chi connectivity index (χ0v) is 17.0. The molecule has 4 aliphatic carbocycles. The van der Waals surface area contributed by atoms with Crippen molar-refractivity contribution in [2.24, 2.45) is 28.6 Å². The topological polar surface area (TPSA) is 80.0 Å². The number of carbonyl (C=O) groups is 1. The molecule has 29 heavy (non-hydrogen) atoms. The summed E-state index contributed by atoms with van der Waals surface area (Å²) >= 11 is 0. The molecule has 0 bridgehead atoms. The van der Waals surface area contributed by atoms with Gasteiger partial charge in [-0.2, -0.15) is 0 Å². The summed E-state index contributed by atoms with van der Waals surface area (Å²) in [6, 6.07) is 3.46. The standard InChI is InChI=1S/C24H30O5/c1-22-8-7-17-18(4-3-15-10-16(26)6-9-23(15,17)13-25)24(22)20(29-24)11-19(22)14-2-5-21(27)28-12-14/h2,5,12-13,15-20,26H,3-4,6-11H2,1H3/t15-,16+,17?,18?,19-,20?,22-,23-,24?/m1/s1. The third-order valence-electron chi connectivity index (χ3n) is 9.97. The van der Waals surface area contributed by atoms with Gasteiger partial charge in [-0.15, -0.1) is 0 Å². The molecule has 1 aromatic rings. The molecule has 0 radical (unpaired) electrons. The van der Waals surface area contributed by atoms with Gasteiger partial charge in [-0.05, 0) is 86.7 Å². The zero-order valence-electron chi connectivity index (χ0n) is 17.0. The fourth-order valence-corrected chi connectivity index (χ4v) is 8.66. The largest absolute Gasteiger partial charge is 0.431 e. The molecule has 5 aliphatic rings. The van der Waals surface area contributed by atoms with Crippen LogP contribution in [-0.2, 0) is 9.53 Å². The van der Waals surface area contributed by atoms with Crippen LogP contribution in [0, 0.1) is 28.6 Å². The highest BCUT2D eigenvalue weighted by molar-refractivity contribution is 5.62. The highest BCUT2D eigenvalue weighted by Gasteiger charge is 2.80. The van der Waals surface area contributed by atoms with Crippen molar-refractivity contribution in [2.45, 2.75) is 82.0 Å². The fraction of sp³-hybridized carbons (Fsp3) is 0.750. The average Bonchev–Trinajstić information content (AvgIpc) is 3.38.